The fourth-order valence-electron chi connectivity index (χ4n) is 2.78. The summed E-state index contributed by atoms with van der Waals surface area (Å²) in [5.41, 5.74) is 8.12. The van der Waals surface area contributed by atoms with Gasteiger partial charge in [0.2, 0.25) is 5.95 Å². The van der Waals surface area contributed by atoms with Crippen molar-refractivity contribution >= 4 is 61.5 Å². The molecule has 4 rings (SSSR count). The van der Waals surface area contributed by atoms with E-state index in [9.17, 15) is 4.79 Å². The Morgan fingerprint density at radius 2 is 2.07 bits per heavy atom. The van der Waals surface area contributed by atoms with E-state index in [1.165, 1.54) is 22.7 Å². The standard InChI is InChI=1S/C19H17ClN6OS2/c1-22-18-23-7-5-12(24-18)13-2-3-14(28-13)17(27)26-19-25-16-11(20)8-10(4-6-21)9-15(16)29-19/h2-3,5,7-9H,4,6,21H2,1H3,(H,22,23,24)(H,25,26,27). The topological polar surface area (TPSA) is 106 Å². The Labute approximate surface area is 180 Å². The average Bonchev–Trinajstić information content (AvgIpc) is 3.36. The maximum atomic E-state index is 12.7. The molecule has 0 atom stereocenters. The van der Waals surface area contributed by atoms with E-state index in [1.54, 1.807) is 19.3 Å². The molecule has 1 aromatic carbocycles. The molecule has 0 saturated heterocycles. The van der Waals surface area contributed by atoms with E-state index in [4.69, 9.17) is 17.3 Å². The van der Waals surface area contributed by atoms with E-state index in [0.717, 1.165) is 27.3 Å². The number of carbonyl (C=O) groups is 1. The van der Waals surface area contributed by atoms with Gasteiger partial charge < -0.3 is 11.1 Å². The second-order valence-electron chi connectivity index (χ2n) is 6.12. The number of rotatable bonds is 6. The lowest BCUT2D eigenvalue weighted by Gasteiger charge is -2.00. The number of hydrogen-bond donors (Lipinski definition) is 3. The number of thiazole rings is 1. The van der Waals surface area contributed by atoms with Gasteiger partial charge >= 0.3 is 0 Å². The van der Waals surface area contributed by atoms with Crippen molar-refractivity contribution < 1.29 is 4.79 Å². The van der Waals surface area contributed by atoms with Crippen molar-refractivity contribution in [3.05, 3.63) is 52.0 Å². The minimum atomic E-state index is -0.221. The third kappa shape index (κ3) is 4.23. The molecule has 0 aliphatic carbocycles. The number of benzene rings is 1. The van der Waals surface area contributed by atoms with Gasteiger partial charge in [-0.2, -0.15) is 0 Å². The molecule has 0 saturated carbocycles. The van der Waals surface area contributed by atoms with Crippen molar-refractivity contribution in [3.63, 3.8) is 0 Å². The van der Waals surface area contributed by atoms with Crippen molar-refractivity contribution in [2.45, 2.75) is 6.42 Å². The highest BCUT2D eigenvalue weighted by atomic mass is 35.5. The van der Waals surface area contributed by atoms with E-state index in [2.05, 4.69) is 25.6 Å². The first-order chi connectivity index (χ1) is 14.1. The molecule has 0 unspecified atom stereocenters. The van der Waals surface area contributed by atoms with Crippen LogP contribution in [0.1, 0.15) is 15.2 Å². The first-order valence-corrected chi connectivity index (χ1v) is 10.8. The molecule has 0 fully saturated rings. The Balaban J connectivity index is 1.55. The van der Waals surface area contributed by atoms with Gasteiger partial charge in [0.25, 0.3) is 5.91 Å². The van der Waals surface area contributed by atoms with Gasteiger partial charge in [0.1, 0.15) is 5.52 Å². The van der Waals surface area contributed by atoms with Crippen LogP contribution in [0.4, 0.5) is 11.1 Å². The molecule has 148 valence electrons. The normalized spacial score (nSPS) is 11.0. The second kappa shape index (κ2) is 8.42. The van der Waals surface area contributed by atoms with Crippen LogP contribution in [0.15, 0.2) is 36.5 Å². The Kier molecular flexibility index (Phi) is 5.72. The predicted octanol–water partition coefficient (Wildman–Crippen LogP) is 4.26. The molecule has 7 nitrogen and oxygen atoms in total. The average molecular weight is 445 g/mol. The van der Waals surface area contributed by atoms with Gasteiger partial charge in [-0.3, -0.25) is 10.1 Å². The van der Waals surface area contributed by atoms with Crippen LogP contribution >= 0.6 is 34.3 Å². The van der Waals surface area contributed by atoms with Gasteiger partial charge in [-0.15, -0.1) is 11.3 Å². The van der Waals surface area contributed by atoms with Gasteiger partial charge in [0.05, 0.1) is 25.2 Å². The number of amides is 1. The third-order valence-electron chi connectivity index (χ3n) is 4.12. The van der Waals surface area contributed by atoms with Gasteiger partial charge in [0.15, 0.2) is 5.13 Å². The molecule has 3 aromatic heterocycles. The van der Waals surface area contributed by atoms with Crippen LogP contribution in [0.3, 0.4) is 0 Å². The number of nitrogens with two attached hydrogens (primary N) is 1. The largest absolute Gasteiger partial charge is 0.357 e. The summed E-state index contributed by atoms with van der Waals surface area (Å²) in [5, 5.41) is 6.84. The van der Waals surface area contributed by atoms with Crippen molar-refractivity contribution in [2.75, 3.05) is 24.2 Å². The molecule has 0 spiro atoms. The summed E-state index contributed by atoms with van der Waals surface area (Å²) < 4.78 is 0.920. The highest BCUT2D eigenvalue weighted by Gasteiger charge is 2.15. The number of halogens is 1. The molecular formula is C19H17ClN6OS2. The maximum Gasteiger partial charge on any atom is 0.267 e. The lowest BCUT2D eigenvalue weighted by Crippen LogP contribution is -2.09. The van der Waals surface area contributed by atoms with Gasteiger partial charge in [-0.1, -0.05) is 22.9 Å². The Bertz CT molecular complexity index is 1190. The van der Waals surface area contributed by atoms with Crippen molar-refractivity contribution in [1.82, 2.24) is 15.0 Å². The number of nitrogens with one attached hydrogen (secondary N) is 2. The minimum Gasteiger partial charge on any atom is -0.357 e. The monoisotopic (exact) mass is 444 g/mol. The van der Waals surface area contributed by atoms with Crippen LogP contribution in [-0.4, -0.2) is 34.5 Å². The molecule has 0 aliphatic heterocycles. The fraction of sp³-hybridized carbons (Fsp3) is 0.158. The van der Waals surface area contributed by atoms with E-state index >= 15 is 0 Å². The Morgan fingerprint density at radius 3 is 2.86 bits per heavy atom. The van der Waals surface area contributed by atoms with Crippen LogP contribution in [0.2, 0.25) is 5.02 Å². The summed E-state index contributed by atoms with van der Waals surface area (Å²) in [7, 11) is 1.76. The van der Waals surface area contributed by atoms with E-state index in [-0.39, 0.29) is 5.91 Å². The first-order valence-electron chi connectivity index (χ1n) is 8.79. The van der Waals surface area contributed by atoms with E-state index < -0.39 is 0 Å². The predicted molar refractivity (Wildman–Crippen MR) is 120 cm³/mol. The second-order valence-corrected chi connectivity index (χ2v) is 8.64. The SMILES string of the molecule is CNc1nccc(-c2ccc(C(=O)Nc3nc4c(Cl)cc(CCN)cc4s3)s2)n1. The van der Waals surface area contributed by atoms with Gasteiger partial charge in [-0.05, 0) is 48.9 Å². The fourth-order valence-corrected chi connectivity index (χ4v) is 4.94. The summed E-state index contributed by atoms with van der Waals surface area (Å²) in [5.74, 6) is 0.309. The van der Waals surface area contributed by atoms with Crippen LogP contribution in [0.5, 0.6) is 0 Å². The third-order valence-corrected chi connectivity index (χ3v) is 6.44. The number of nitrogens with zero attached hydrogens (tertiary/aromatic N) is 3. The highest BCUT2D eigenvalue weighted by molar-refractivity contribution is 7.22. The zero-order valence-electron chi connectivity index (χ0n) is 15.4. The molecule has 29 heavy (non-hydrogen) atoms. The maximum absolute atomic E-state index is 12.7. The quantitative estimate of drug-likeness (QED) is 0.410. The Hall–Kier alpha value is -2.59. The molecule has 1 amide bonds. The molecule has 0 aliphatic rings. The lowest BCUT2D eigenvalue weighted by molar-refractivity contribution is 0.103. The van der Waals surface area contributed by atoms with Gasteiger partial charge in [-0.25, -0.2) is 15.0 Å². The highest BCUT2D eigenvalue weighted by Crippen LogP contribution is 2.33. The van der Waals surface area contributed by atoms with Crippen molar-refractivity contribution in [1.29, 1.82) is 0 Å². The van der Waals surface area contributed by atoms with Crippen LogP contribution in [0, 0.1) is 0 Å². The lowest BCUT2D eigenvalue weighted by atomic mass is 10.1. The molecule has 0 radical (unpaired) electrons. The molecule has 4 aromatic rings. The summed E-state index contributed by atoms with van der Waals surface area (Å²) in [6.45, 7) is 0.549. The summed E-state index contributed by atoms with van der Waals surface area (Å²) >= 11 is 9.08. The molecule has 10 heteroatoms. The van der Waals surface area contributed by atoms with Crippen LogP contribution in [-0.2, 0) is 6.42 Å². The number of hydrogen-bond acceptors (Lipinski definition) is 8. The van der Waals surface area contributed by atoms with Crippen LogP contribution < -0.4 is 16.4 Å². The molecular weight excluding hydrogens is 428 g/mol. The number of fused-ring (bicyclic) bond motifs is 1. The van der Waals surface area contributed by atoms with Crippen molar-refractivity contribution in [3.8, 4) is 10.6 Å². The van der Waals surface area contributed by atoms with Gasteiger partial charge in [0, 0.05) is 13.2 Å². The molecule has 4 N–H and O–H groups in total. The molecule has 0 bridgehead atoms. The summed E-state index contributed by atoms with van der Waals surface area (Å²) in [6.07, 6.45) is 2.42. The zero-order valence-corrected chi connectivity index (χ0v) is 17.8. The summed E-state index contributed by atoms with van der Waals surface area (Å²) in [6, 6.07) is 9.34. The number of anilines is 2. The first kappa shape index (κ1) is 19.7. The van der Waals surface area contributed by atoms with E-state index in [1.807, 2.05) is 24.3 Å². The smallest absolute Gasteiger partial charge is 0.267 e. The Morgan fingerprint density at radius 1 is 1.21 bits per heavy atom. The summed E-state index contributed by atoms with van der Waals surface area (Å²) in [4.78, 5) is 27.1. The molecule has 3 heterocycles. The van der Waals surface area contributed by atoms with E-state index in [0.29, 0.717) is 33.0 Å². The zero-order chi connectivity index (χ0) is 20.4. The van der Waals surface area contributed by atoms with Crippen molar-refractivity contribution in [2.24, 2.45) is 5.73 Å². The number of aromatic nitrogens is 3. The minimum absolute atomic E-state index is 0.221. The number of carbonyl (C=O) groups excluding carboxylic acids is 1. The number of thiophene rings is 1. The van der Waals surface area contributed by atoms with Crippen LogP contribution in [0.25, 0.3) is 20.8 Å².